The number of quaternary nitrogens is 1. The molecule has 0 aromatic heterocycles. The van der Waals surface area contributed by atoms with Crippen molar-refractivity contribution in [1.82, 2.24) is 0 Å². The van der Waals surface area contributed by atoms with Crippen molar-refractivity contribution in [2.45, 2.75) is 12.8 Å². The molecule has 1 saturated heterocycles. The summed E-state index contributed by atoms with van der Waals surface area (Å²) in [5.41, 5.74) is 0. The van der Waals surface area contributed by atoms with Gasteiger partial charge in [-0.25, -0.2) is 3.89 Å². The van der Waals surface area contributed by atoms with Crippen LogP contribution in [0.3, 0.4) is 0 Å². The highest BCUT2D eigenvalue weighted by atomic mass is 32.1. The van der Waals surface area contributed by atoms with Gasteiger partial charge in [0.2, 0.25) is 0 Å². The van der Waals surface area contributed by atoms with Crippen molar-refractivity contribution in [3.05, 3.63) is 12.8 Å². The molecule has 1 aliphatic heterocycles. The summed E-state index contributed by atoms with van der Waals surface area (Å²) in [6, 6.07) is 0. The summed E-state index contributed by atoms with van der Waals surface area (Å²) < 4.78 is 0.778. The molecule has 1 fully saturated rings. The van der Waals surface area contributed by atoms with E-state index in [1.165, 1.54) is 12.8 Å². The van der Waals surface area contributed by atoms with Crippen molar-refractivity contribution in [3.8, 4) is 0 Å². The molecule has 46 valence electrons. The average molecular weight is 130 g/mol. The molecule has 0 aromatic carbocycles. The van der Waals surface area contributed by atoms with Crippen molar-refractivity contribution in [1.29, 1.82) is 0 Å². The summed E-state index contributed by atoms with van der Waals surface area (Å²) in [6.45, 7) is 6.03. The van der Waals surface area contributed by atoms with E-state index in [1.807, 2.05) is 6.20 Å². The molecule has 0 aromatic rings. The lowest BCUT2D eigenvalue weighted by atomic mass is 10.4. The van der Waals surface area contributed by atoms with Crippen molar-refractivity contribution >= 4 is 12.8 Å². The first-order valence-electron chi connectivity index (χ1n) is 3.00. The third-order valence-corrected chi connectivity index (χ3v) is 2.24. The van der Waals surface area contributed by atoms with Crippen LogP contribution < -0.4 is 0 Å². The Labute approximate surface area is 56.1 Å². The van der Waals surface area contributed by atoms with Gasteiger partial charge >= 0.3 is 0 Å². The van der Waals surface area contributed by atoms with Crippen LogP contribution in [0, 0.1) is 0 Å². The standard InChI is InChI=1S/C6H12NS/c1-2-7(8)5-3-4-6-7/h2,8H,1,3-6H2/q+1. The summed E-state index contributed by atoms with van der Waals surface area (Å²) in [4.78, 5) is 0. The maximum atomic E-state index is 4.40. The minimum Gasteiger partial charge on any atom is -0.239 e. The average Bonchev–Trinajstić information content (AvgIpc) is 2.17. The van der Waals surface area contributed by atoms with Gasteiger partial charge in [-0.15, -0.1) is 0 Å². The third kappa shape index (κ3) is 1.06. The van der Waals surface area contributed by atoms with Crippen molar-refractivity contribution < 1.29 is 3.89 Å². The van der Waals surface area contributed by atoms with Gasteiger partial charge in [-0.2, -0.15) is 0 Å². The largest absolute Gasteiger partial charge is 0.239 e. The molecule has 1 aliphatic rings. The van der Waals surface area contributed by atoms with Gasteiger partial charge in [0, 0.05) is 12.8 Å². The fraction of sp³-hybridized carbons (Fsp3) is 0.667. The molecule has 0 bridgehead atoms. The summed E-state index contributed by atoms with van der Waals surface area (Å²) >= 11 is 4.40. The Hall–Kier alpha value is 0.0500. The molecule has 0 radical (unpaired) electrons. The number of hydrogen-bond acceptors (Lipinski definition) is 1. The van der Waals surface area contributed by atoms with E-state index in [4.69, 9.17) is 0 Å². The van der Waals surface area contributed by atoms with Crippen molar-refractivity contribution in [3.63, 3.8) is 0 Å². The minimum atomic E-state index is 0.778. The van der Waals surface area contributed by atoms with Gasteiger partial charge < -0.3 is 0 Å². The van der Waals surface area contributed by atoms with Gasteiger partial charge in [0.25, 0.3) is 0 Å². The predicted octanol–water partition coefficient (Wildman–Crippen LogP) is 1.59. The monoisotopic (exact) mass is 130 g/mol. The van der Waals surface area contributed by atoms with Crippen LogP contribution in [0.4, 0.5) is 0 Å². The van der Waals surface area contributed by atoms with Crippen LogP contribution in [0.1, 0.15) is 12.8 Å². The molecule has 0 saturated carbocycles. The first kappa shape index (κ1) is 6.17. The second-order valence-corrected chi connectivity index (χ2v) is 3.12. The smallest absolute Gasteiger partial charge is 0.0999 e. The zero-order valence-electron chi connectivity index (χ0n) is 5.01. The first-order chi connectivity index (χ1) is 3.77. The zero-order valence-corrected chi connectivity index (χ0v) is 5.90. The van der Waals surface area contributed by atoms with Crippen LogP contribution in [0.25, 0.3) is 0 Å². The highest BCUT2D eigenvalue weighted by Crippen LogP contribution is 2.21. The second kappa shape index (κ2) is 2.11. The van der Waals surface area contributed by atoms with E-state index >= 15 is 0 Å². The maximum absolute atomic E-state index is 4.40. The van der Waals surface area contributed by atoms with Crippen molar-refractivity contribution in [2.75, 3.05) is 13.1 Å². The molecule has 8 heavy (non-hydrogen) atoms. The van der Waals surface area contributed by atoms with Crippen LogP contribution in [-0.4, -0.2) is 17.0 Å². The van der Waals surface area contributed by atoms with E-state index in [0.29, 0.717) is 0 Å². The number of rotatable bonds is 1. The van der Waals surface area contributed by atoms with Gasteiger partial charge in [0.1, 0.15) is 0 Å². The number of thiol groups is 1. The van der Waals surface area contributed by atoms with Crippen molar-refractivity contribution in [2.24, 2.45) is 0 Å². The molecule has 0 amide bonds. The van der Waals surface area contributed by atoms with Crippen LogP contribution in [0.5, 0.6) is 0 Å². The molecule has 0 atom stereocenters. The highest BCUT2D eigenvalue weighted by molar-refractivity contribution is 7.74. The quantitative estimate of drug-likeness (QED) is 0.404. The molecule has 1 rings (SSSR count). The SMILES string of the molecule is C=C[N+]1(S)CCCC1. The predicted molar refractivity (Wildman–Crippen MR) is 38.4 cm³/mol. The molecule has 1 heterocycles. The third-order valence-electron chi connectivity index (χ3n) is 1.68. The van der Waals surface area contributed by atoms with Crippen LogP contribution in [-0.2, 0) is 0 Å². The second-order valence-electron chi connectivity index (χ2n) is 2.32. The molecule has 0 unspecified atom stereocenters. The first-order valence-corrected chi connectivity index (χ1v) is 3.40. The van der Waals surface area contributed by atoms with Gasteiger partial charge in [0.15, 0.2) is 0 Å². The topological polar surface area (TPSA) is 0 Å². The van der Waals surface area contributed by atoms with Gasteiger partial charge in [-0.05, 0) is 6.58 Å². The maximum Gasteiger partial charge on any atom is 0.0999 e. The number of nitrogens with zero attached hydrogens (tertiary/aromatic N) is 1. The Kier molecular flexibility index (Phi) is 1.63. The Morgan fingerprint density at radius 2 is 1.88 bits per heavy atom. The van der Waals surface area contributed by atoms with E-state index in [1.54, 1.807) is 0 Å². The van der Waals surface area contributed by atoms with Gasteiger partial charge in [0.05, 0.1) is 32.1 Å². The molecular formula is C6H12NS+. The molecule has 1 nitrogen and oxygen atoms in total. The molecule has 0 spiro atoms. The normalized spacial score (nSPS) is 25.6. The molecule has 0 aliphatic carbocycles. The summed E-state index contributed by atoms with van der Waals surface area (Å²) in [7, 11) is 0. The highest BCUT2D eigenvalue weighted by Gasteiger charge is 2.24. The lowest BCUT2D eigenvalue weighted by molar-refractivity contribution is -0.720. The summed E-state index contributed by atoms with van der Waals surface area (Å²) in [6.07, 6.45) is 4.52. The Morgan fingerprint density at radius 3 is 2.12 bits per heavy atom. The van der Waals surface area contributed by atoms with E-state index < -0.39 is 0 Å². The van der Waals surface area contributed by atoms with Crippen LogP contribution >= 0.6 is 12.8 Å². The van der Waals surface area contributed by atoms with Crippen LogP contribution in [0.15, 0.2) is 12.8 Å². The lowest BCUT2D eigenvalue weighted by Crippen LogP contribution is -2.26. The number of hydrogen-bond donors (Lipinski definition) is 1. The lowest BCUT2D eigenvalue weighted by Gasteiger charge is -2.19. The summed E-state index contributed by atoms with van der Waals surface area (Å²) in [5, 5.41) is 0. The number of likely N-dealkylation sites (tertiary alicyclic amines) is 1. The fourth-order valence-corrected chi connectivity index (χ4v) is 1.35. The Bertz CT molecular complexity index is 94.7. The Balaban J connectivity index is 2.52. The van der Waals surface area contributed by atoms with E-state index in [-0.39, 0.29) is 0 Å². The fourth-order valence-electron chi connectivity index (χ4n) is 1.07. The van der Waals surface area contributed by atoms with Gasteiger partial charge in [-0.3, -0.25) is 0 Å². The molecular weight excluding hydrogens is 118 g/mol. The summed E-state index contributed by atoms with van der Waals surface area (Å²) in [5.74, 6) is 0. The zero-order chi connectivity index (χ0) is 6.04. The molecule has 0 N–H and O–H groups in total. The van der Waals surface area contributed by atoms with E-state index in [2.05, 4.69) is 19.4 Å². The van der Waals surface area contributed by atoms with Crippen LogP contribution in [0.2, 0.25) is 0 Å². The molecule has 2 heteroatoms. The van der Waals surface area contributed by atoms with E-state index in [9.17, 15) is 0 Å². The van der Waals surface area contributed by atoms with E-state index in [0.717, 1.165) is 17.0 Å². The Morgan fingerprint density at radius 1 is 1.38 bits per heavy atom. The minimum absolute atomic E-state index is 0.778. The van der Waals surface area contributed by atoms with Gasteiger partial charge in [-0.1, -0.05) is 0 Å².